The van der Waals surface area contributed by atoms with Crippen LogP contribution in [-0.4, -0.2) is 31.7 Å². The number of ether oxygens (including phenoxy) is 2. The maximum Gasteiger partial charge on any atom is 0.310 e. The van der Waals surface area contributed by atoms with E-state index in [4.69, 9.17) is 9.47 Å². The first-order valence-electron chi connectivity index (χ1n) is 7.08. The molecule has 0 saturated carbocycles. The Labute approximate surface area is 139 Å². The van der Waals surface area contributed by atoms with Crippen molar-refractivity contribution >= 4 is 23.5 Å². The molecule has 0 N–H and O–H groups in total. The van der Waals surface area contributed by atoms with Crippen molar-refractivity contribution in [3.63, 3.8) is 0 Å². The lowest BCUT2D eigenvalue weighted by Gasteiger charge is -2.06. The number of rotatable bonds is 7. The minimum atomic E-state index is -0.427. The van der Waals surface area contributed by atoms with Crippen molar-refractivity contribution < 1.29 is 19.1 Å². The number of carbonyl (C=O) groups is 2. The lowest BCUT2D eigenvalue weighted by Crippen LogP contribution is -2.15. The van der Waals surface area contributed by atoms with Crippen molar-refractivity contribution in [2.24, 2.45) is 0 Å². The maximum atomic E-state index is 12.0. The summed E-state index contributed by atoms with van der Waals surface area (Å²) < 4.78 is 10.1. The monoisotopic (exact) mass is 330 g/mol. The van der Waals surface area contributed by atoms with Crippen LogP contribution in [0.1, 0.15) is 15.9 Å². The van der Waals surface area contributed by atoms with Gasteiger partial charge in [-0.1, -0.05) is 24.3 Å². The van der Waals surface area contributed by atoms with Crippen LogP contribution >= 0.6 is 11.8 Å². The summed E-state index contributed by atoms with van der Waals surface area (Å²) in [4.78, 5) is 24.9. The Morgan fingerprint density at radius 2 is 1.65 bits per heavy atom. The van der Waals surface area contributed by atoms with E-state index in [1.807, 2.05) is 18.4 Å². The van der Waals surface area contributed by atoms with Gasteiger partial charge in [-0.15, -0.1) is 11.8 Å². The van der Waals surface area contributed by atoms with Gasteiger partial charge in [0.1, 0.15) is 5.75 Å². The fourth-order valence-corrected chi connectivity index (χ4v) is 2.38. The molecule has 0 heterocycles. The zero-order chi connectivity index (χ0) is 16.7. The number of thioether (sulfide) groups is 1. The van der Waals surface area contributed by atoms with Crippen molar-refractivity contribution in [3.05, 3.63) is 59.7 Å². The SMILES string of the molecule is COc1ccc(CC(=O)OCC(=O)c2ccc(SC)cc2)cc1. The number of methoxy groups -OCH3 is 1. The van der Waals surface area contributed by atoms with Crippen LogP contribution < -0.4 is 4.74 Å². The second kappa shape index (κ2) is 8.39. The van der Waals surface area contributed by atoms with E-state index in [1.165, 1.54) is 0 Å². The molecule has 0 unspecified atom stereocenters. The molecule has 0 amide bonds. The van der Waals surface area contributed by atoms with Gasteiger partial charge < -0.3 is 9.47 Å². The summed E-state index contributed by atoms with van der Waals surface area (Å²) in [7, 11) is 1.58. The van der Waals surface area contributed by atoms with Crippen molar-refractivity contribution in [2.75, 3.05) is 20.0 Å². The fourth-order valence-electron chi connectivity index (χ4n) is 1.97. The predicted molar refractivity (Wildman–Crippen MR) is 90.2 cm³/mol. The molecule has 120 valence electrons. The number of ketones is 1. The van der Waals surface area contributed by atoms with Gasteiger partial charge in [0.2, 0.25) is 0 Å². The van der Waals surface area contributed by atoms with Crippen molar-refractivity contribution in [3.8, 4) is 5.75 Å². The van der Waals surface area contributed by atoms with Crippen LogP contribution in [-0.2, 0) is 16.0 Å². The molecule has 0 aromatic heterocycles. The molecule has 0 atom stereocenters. The van der Waals surface area contributed by atoms with Gasteiger partial charge in [0.15, 0.2) is 12.4 Å². The van der Waals surface area contributed by atoms with E-state index in [1.54, 1.807) is 55.3 Å². The molecule has 0 saturated heterocycles. The molecular formula is C18H18O4S. The Bertz CT molecular complexity index is 662. The average Bonchev–Trinajstić information content (AvgIpc) is 2.60. The summed E-state index contributed by atoms with van der Waals surface area (Å²) in [6, 6.07) is 14.4. The zero-order valence-corrected chi connectivity index (χ0v) is 13.9. The molecule has 0 spiro atoms. The van der Waals surface area contributed by atoms with Crippen molar-refractivity contribution in [1.82, 2.24) is 0 Å². The number of benzene rings is 2. The molecule has 2 rings (SSSR count). The second-order valence-corrected chi connectivity index (χ2v) is 5.72. The molecule has 0 bridgehead atoms. The van der Waals surface area contributed by atoms with Gasteiger partial charge >= 0.3 is 5.97 Å². The van der Waals surface area contributed by atoms with E-state index < -0.39 is 5.97 Å². The van der Waals surface area contributed by atoms with E-state index in [9.17, 15) is 9.59 Å². The van der Waals surface area contributed by atoms with Crippen molar-refractivity contribution in [1.29, 1.82) is 0 Å². The second-order valence-electron chi connectivity index (χ2n) is 4.84. The van der Waals surface area contributed by atoms with E-state index in [2.05, 4.69) is 0 Å². The van der Waals surface area contributed by atoms with Crippen LogP contribution in [0, 0.1) is 0 Å². The first-order chi connectivity index (χ1) is 11.1. The molecular weight excluding hydrogens is 312 g/mol. The minimum Gasteiger partial charge on any atom is -0.497 e. The molecule has 0 fully saturated rings. The zero-order valence-electron chi connectivity index (χ0n) is 13.1. The topological polar surface area (TPSA) is 52.6 Å². The largest absolute Gasteiger partial charge is 0.497 e. The summed E-state index contributed by atoms with van der Waals surface area (Å²) in [5.74, 6) is 0.0935. The van der Waals surface area contributed by atoms with Crippen LogP contribution in [0.5, 0.6) is 5.75 Å². The third-order valence-corrected chi connectivity index (χ3v) is 4.03. The van der Waals surface area contributed by atoms with Gasteiger partial charge in [-0.3, -0.25) is 9.59 Å². The number of esters is 1. The van der Waals surface area contributed by atoms with Crippen molar-refractivity contribution in [2.45, 2.75) is 11.3 Å². The van der Waals surface area contributed by atoms with Crippen LogP contribution in [0.15, 0.2) is 53.4 Å². The molecule has 4 nitrogen and oxygen atoms in total. The predicted octanol–water partition coefficient (Wildman–Crippen LogP) is 3.39. The molecule has 0 aliphatic rings. The first kappa shape index (κ1) is 17.1. The third-order valence-electron chi connectivity index (χ3n) is 3.28. The van der Waals surface area contributed by atoms with Gasteiger partial charge in [0, 0.05) is 10.5 Å². The van der Waals surface area contributed by atoms with E-state index in [0.29, 0.717) is 5.56 Å². The quantitative estimate of drug-likeness (QED) is 0.442. The summed E-state index contributed by atoms with van der Waals surface area (Å²) in [5.41, 5.74) is 1.35. The molecule has 0 radical (unpaired) electrons. The summed E-state index contributed by atoms with van der Waals surface area (Å²) in [5, 5.41) is 0. The van der Waals surface area contributed by atoms with E-state index in [-0.39, 0.29) is 18.8 Å². The molecule has 2 aromatic rings. The van der Waals surface area contributed by atoms with Gasteiger partial charge in [-0.25, -0.2) is 0 Å². The smallest absolute Gasteiger partial charge is 0.310 e. The Morgan fingerprint density at radius 3 is 2.22 bits per heavy atom. The summed E-state index contributed by atoms with van der Waals surface area (Å²) in [6.45, 7) is -0.242. The highest BCUT2D eigenvalue weighted by Crippen LogP contribution is 2.15. The number of Topliss-reactive ketones (excluding diaryl/α,β-unsaturated/α-hetero) is 1. The van der Waals surface area contributed by atoms with Gasteiger partial charge in [0.25, 0.3) is 0 Å². The maximum absolute atomic E-state index is 12.0. The fraction of sp³-hybridized carbons (Fsp3) is 0.222. The highest BCUT2D eigenvalue weighted by atomic mass is 32.2. The molecule has 23 heavy (non-hydrogen) atoms. The molecule has 5 heteroatoms. The standard InChI is InChI=1S/C18H18O4S/c1-21-15-7-3-13(4-8-15)11-18(20)22-12-17(19)14-5-9-16(23-2)10-6-14/h3-10H,11-12H2,1-2H3. The first-order valence-corrected chi connectivity index (χ1v) is 8.30. The lowest BCUT2D eigenvalue weighted by molar-refractivity contribution is -0.141. The van der Waals surface area contributed by atoms with Crippen LogP contribution in [0.25, 0.3) is 0 Å². The number of hydrogen-bond donors (Lipinski definition) is 0. The summed E-state index contributed by atoms with van der Waals surface area (Å²) in [6.07, 6.45) is 2.10. The highest BCUT2D eigenvalue weighted by molar-refractivity contribution is 7.98. The van der Waals surface area contributed by atoms with Gasteiger partial charge in [0.05, 0.1) is 13.5 Å². The molecule has 2 aromatic carbocycles. The Kier molecular flexibility index (Phi) is 6.23. The van der Waals surface area contributed by atoms with Gasteiger partial charge in [-0.2, -0.15) is 0 Å². The Morgan fingerprint density at radius 1 is 1.00 bits per heavy atom. The molecule has 0 aliphatic heterocycles. The van der Waals surface area contributed by atoms with E-state index >= 15 is 0 Å². The normalized spacial score (nSPS) is 10.2. The number of hydrogen-bond acceptors (Lipinski definition) is 5. The van der Waals surface area contributed by atoms with Crippen LogP contribution in [0.2, 0.25) is 0 Å². The Balaban J connectivity index is 1.83. The average molecular weight is 330 g/mol. The highest BCUT2D eigenvalue weighted by Gasteiger charge is 2.10. The minimum absolute atomic E-state index is 0.128. The van der Waals surface area contributed by atoms with Gasteiger partial charge in [-0.05, 0) is 36.1 Å². The third kappa shape index (κ3) is 5.14. The lowest BCUT2D eigenvalue weighted by atomic mass is 10.1. The Hall–Kier alpha value is -2.27. The van der Waals surface area contributed by atoms with E-state index in [0.717, 1.165) is 16.2 Å². The summed E-state index contributed by atoms with van der Waals surface area (Å²) >= 11 is 1.61. The van der Waals surface area contributed by atoms with Crippen LogP contribution in [0.4, 0.5) is 0 Å². The molecule has 0 aliphatic carbocycles. The number of carbonyl (C=O) groups excluding carboxylic acids is 2. The van der Waals surface area contributed by atoms with Crippen LogP contribution in [0.3, 0.4) is 0 Å².